The van der Waals surface area contributed by atoms with Gasteiger partial charge in [-0.2, -0.15) is 0 Å². The van der Waals surface area contributed by atoms with Gasteiger partial charge in [-0.05, 0) is 41.5 Å². The van der Waals surface area contributed by atoms with Crippen molar-refractivity contribution in [1.29, 1.82) is 5.41 Å². The molecule has 0 radical (unpaired) electrons. The van der Waals surface area contributed by atoms with Gasteiger partial charge in [-0.3, -0.25) is 19.8 Å². The minimum atomic E-state index is -3.92. The van der Waals surface area contributed by atoms with Gasteiger partial charge in [0.15, 0.2) is 5.78 Å². The molecule has 0 saturated heterocycles. The second kappa shape index (κ2) is 18.4. The van der Waals surface area contributed by atoms with Crippen molar-refractivity contribution in [2.24, 2.45) is 11.7 Å². The first-order valence-corrected chi connectivity index (χ1v) is 17.7. The van der Waals surface area contributed by atoms with E-state index >= 15 is 0 Å². The van der Waals surface area contributed by atoms with Gasteiger partial charge >= 0.3 is 5.97 Å². The van der Waals surface area contributed by atoms with Gasteiger partial charge in [0.05, 0.1) is 11.8 Å². The molecule has 0 aliphatic rings. The maximum Gasteiger partial charge on any atom is 0.306 e. The summed E-state index contributed by atoms with van der Waals surface area (Å²) in [5.41, 5.74) is 9.17. The lowest BCUT2D eigenvalue weighted by molar-refractivity contribution is -0.145. The van der Waals surface area contributed by atoms with E-state index in [4.69, 9.17) is 15.9 Å². The molecule has 0 aromatic heterocycles. The van der Waals surface area contributed by atoms with E-state index in [9.17, 15) is 22.8 Å². The van der Waals surface area contributed by atoms with E-state index in [1.54, 1.807) is 54.6 Å². The van der Waals surface area contributed by atoms with E-state index in [1.807, 2.05) is 60.7 Å². The average molecular weight is 683 g/mol. The predicted octanol–water partition coefficient (Wildman–Crippen LogP) is 4.81. The maximum absolute atomic E-state index is 13.9. The van der Waals surface area contributed by atoms with Crippen LogP contribution in [0.1, 0.15) is 53.5 Å². The molecule has 2 atom stereocenters. The highest BCUT2D eigenvalue weighted by Crippen LogP contribution is 2.19. The van der Waals surface area contributed by atoms with Crippen molar-refractivity contribution in [3.8, 4) is 0 Å². The molecule has 49 heavy (non-hydrogen) atoms. The molecule has 10 nitrogen and oxygen atoms in total. The molecule has 5 N–H and O–H groups in total. The van der Waals surface area contributed by atoms with E-state index in [0.29, 0.717) is 17.5 Å². The molecule has 0 saturated carbocycles. The number of sulfonamides is 1. The predicted molar refractivity (Wildman–Crippen MR) is 189 cm³/mol. The van der Waals surface area contributed by atoms with Crippen LogP contribution >= 0.6 is 0 Å². The molecule has 0 bridgehead atoms. The minimum Gasteiger partial charge on any atom is -0.461 e. The number of aryl methyl sites for hydroxylation is 1. The van der Waals surface area contributed by atoms with Gasteiger partial charge in [0.2, 0.25) is 15.9 Å². The Morgan fingerprint density at radius 1 is 0.735 bits per heavy atom. The number of amides is 1. The third kappa shape index (κ3) is 12.8. The Balaban J connectivity index is 1.48. The highest BCUT2D eigenvalue weighted by molar-refractivity contribution is 7.88. The molecule has 4 aromatic rings. The molecule has 4 aromatic carbocycles. The second-order valence-corrected chi connectivity index (χ2v) is 13.6. The summed E-state index contributed by atoms with van der Waals surface area (Å²) in [5.74, 6) is -2.72. The molecule has 0 aliphatic carbocycles. The van der Waals surface area contributed by atoms with Crippen LogP contribution in [0.2, 0.25) is 0 Å². The molecular weight excluding hydrogens is 641 g/mol. The fourth-order valence-corrected chi connectivity index (χ4v) is 6.64. The number of nitrogens with two attached hydrogens (primary N) is 1. The lowest BCUT2D eigenvalue weighted by Gasteiger charge is -2.22. The van der Waals surface area contributed by atoms with Crippen molar-refractivity contribution in [3.05, 3.63) is 143 Å². The van der Waals surface area contributed by atoms with Crippen LogP contribution in [0, 0.1) is 11.3 Å². The van der Waals surface area contributed by atoms with Crippen molar-refractivity contribution in [1.82, 2.24) is 10.0 Å². The number of nitrogens with one attached hydrogen (secondary N) is 3. The van der Waals surface area contributed by atoms with Crippen LogP contribution < -0.4 is 15.8 Å². The molecule has 0 fully saturated rings. The number of hydrogen-bond donors (Lipinski definition) is 4. The molecule has 0 aliphatic heterocycles. The Labute approximate surface area is 287 Å². The number of ketones is 1. The van der Waals surface area contributed by atoms with Crippen LogP contribution in [0.3, 0.4) is 0 Å². The number of Topliss-reactive ketones (excluding diaryl/α,β-unsaturated/α-hetero) is 1. The Morgan fingerprint density at radius 3 is 1.90 bits per heavy atom. The number of carbonyl (C=O) groups is 3. The number of nitrogen functional groups attached to an aromatic ring is 1. The summed E-state index contributed by atoms with van der Waals surface area (Å²) in [7, 11) is -3.92. The summed E-state index contributed by atoms with van der Waals surface area (Å²) in [4.78, 5) is 40.1. The van der Waals surface area contributed by atoms with Crippen LogP contribution in [0.25, 0.3) is 0 Å². The van der Waals surface area contributed by atoms with Gasteiger partial charge in [0, 0.05) is 30.9 Å². The Morgan fingerprint density at radius 2 is 1.31 bits per heavy atom. The highest BCUT2D eigenvalue weighted by atomic mass is 32.2. The SMILES string of the molecule is N=C(N)c1ccc(CNC(=O)[C@H](CCC(=O)OCc2ccccc2)CC(=O)[C@@H](CCc2ccccc2)NS(=O)(=O)Cc2ccccc2)cc1. The van der Waals surface area contributed by atoms with Gasteiger partial charge < -0.3 is 15.8 Å². The first kappa shape index (κ1) is 36.7. The van der Waals surface area contributed by atoms with E-state index in [-0.39, 0.29) is 50.4 Å². The highest BCUT2D eigenvalue weighted by Gasteiger charge is 2.30. The summed E-state index contributed by atoms with van der Waals surface area (Å²) in [5, 5.41) is 10.4. The van der Waals surface area contributed by atoms with Crippen molar-refractivity contribution in [2.75, 3.05) is 0 Å². The van der Waals surface area contributed by atoms with Gasteiger partial charge in [0.1, 0.15) is 12.4 Å². The third-order valence-electron chi connectivity index (χ3n) is 7.96. The Bertz CT molecular complexity index is 1780. The molecule has 256 valence electrons. The quantitative estimate of drug-likeness (QED) is 0.0625. The molecule has 4 rings (SSSR count). The van der Waals surface area contributed by atoms with Crippen LogP contribution in [-0.2, 0) is 54.5 Å². The van der Waals surface area contributed by atoms with E-state index in [0.717, 1.165) is 16.7 Å². The minimum absolute atomic E-state index is 0.0244. The van der Waals surface area contributed by atoms with Crippen molar-refractivity contribution in [2.45, 2.75) is 57.1 Å². The van der Waals surface area contributed by atoms with Crippen LogP contribution in [0.15, 0.2) is 115 Å². The number of benzene rings is 4. The van der Waals surface area contributed by atoms with Crippen molar-refractivity contribution >= 4 is 33.5 Å². The zero-order valence-electron chi connectivity index (χ0n) is 27.2. The molecule has 0 spiro atoms. The van der Waals surface area contributed by atoms with E-state index in [2.05, 4.69) is 10.0 Å². The fourth-order valence-electron chi connectivity index (χ4n) is 5.24. The molecular formula is C38H42N4O6S. The van der Waals surface area contributed by atoms with E-state index in [1.165, 1.54) is 0 Å². The number of hydrogen-bond acceptors (Lipinski definition) is 7. The summed E-state index contributed by atoms with van der Waals surface area (Å²) in [6, 6.07) is 33.0. The number of rotatable bonds is 19. The second-order valence-electron chi connectivity index (χ2n) is 11.8. The topological polar surface area (TPSA) is 169 Å². The van der Waals surface area contributed by atoms with Crippen LogP contribution in [0.4, 0.5) is 0 Å². The molecule has 11 heteroatoms. The number of ether oxygens (including phenoxy) is 1. The molecule has 0 unspecified atom stereocenters. The summed E-state index contributed by atoms with van der Waals surface area (Å²) in [6.45, 7) is 0.220. The average Bonchev–Trinajstić information content (AvgIpc) is 3.11. The van der Waals surface area contributed by atoms with E-state index < -0.39 is 39.6 Å². The summed E-state index contributed by atoms with van der Waals surface area (Å²) >= 11 is 0. The van der Waals surface area contributed by atoms with Gasteiger partial charge in [0.25, 0.3) is 0 Å². The van der Waals surface area contributed by atoms with Crippen molar-refractivity contribution < 1.29 is 27.5 Å². The largest absolute Gasteiger partial charge is 0.461 e. The maximum atomic E-state index is 13.9. The van der Waals surface area contributed by atoms with Crippen molar-refractivity contribution in [3.63, 3.8) is 0 Å². The van der Waals surface area contributed by atoms with Gasteiger partial charge in [-0.1, -0.05) is 115 Å². The third-order valence-corrected chi connectivity index (χ3v) is 9.32. The first-order chi connectivity index (χ1) is 23.6. The number of carbonyl (C=O) groups excluding carboxylic acids is 3. The zero-order valence-corrected chi connectivity index (χ0v) is 28.0. The Hall–Kier alpha value is -5.13. The van der Waals surface area contributed by atoms with Crippen LogP contribution in [-0.4, -0.2) is 38.0 Å². The monoisotopic (exact) mass is 682 g/mol. The standard InChI is InChI=1S/C38H42N4O6S/c39-37(40)32-19-16-29(17-20-32)25-41-38(45)33(21-23-36(44)48-26-30-12-6-2-7-13-30)24-35(43)34(22-18-28-10-4-1-5-11-28)42-49(46,47)27-31-14-8-3-9-15-31/h1-17,19-20,33-34,42H,18,21-27H2,(H3,39,40)(H,41,45)/t33-,34-/m1/s1. The number of amidine groups is 1. The fraction of sp³-hybridized carbons (Fsp3) is 0.263. The summed E-state index contributed by atoms with van der Waals surface area (Å²) < 4.78 is 34.5. The summed E-state index contributed by atoms with van der Waals surface area (Å²) in [6.07, 6.45) is 0.252. The first-order valence-electron chi connectivity index (χ1n) is 16.1. The smallest absolute Gasteiger partial charge is 0.306 e. The molecule has 1 amide bonds. The lowest BCUT2D eigenvalue weighted by atomic mass is 9.91. The Kier molecular flexibility index (Phi) is 13.8. The molecule has 0 heterocycles. The lowest BCUT2D eigenvalue weighted by Crippen LogP contribution is -2.43. The number of esters is 1. The van der Waals surface area contributed by atoms with Gasteiger partial charge in [-0.15, -0.1) is 0 Å². The normalized spacial score (nSPS) is 12.4. The van der Waals surface area contributed by atoms with Crippen LogP contribution in [0.5, 0.6) is 0 Å². The zero-order chi connectivity index (χ0) is 35.1. The van der Waals surface area contributed by atoms with Gasteiger partial charge in [-0.25, -0.2) is 13.1 Å².